The molecule has 0 N–H and O–H groups in total. The first-order chi connectivity index (χ1) is 22.6. The third-order valence-electron chi connectivity index (χ3n) is 9.71. The Bertz CT molecular complexity index is 1900. The van der Waals surface area contributed by atoms with E-state index in [4.69, 9.17) is 32.9 Å². The standard InChI is InChI=1S/C36H28Br2Cl2N2O5/c1-17-3-2-4-22-23(36(46)47-27(13-14-39)33(43)19-5-9-20(40)10-6-19)16-26(41-32(17)22)18-7-11-21(12-8-18)42-34(44)28-24-15-25(29(28)35(42)45)31(38)30(24)37/h2-12,16,24-25,27-31H,13-15H2,1H3. The van der Waals surface area contributed by atoms with Crippen LogP contribution < -0.4 is 4.90 Å². The summed E-state index contributed by atoms with van der Waals surface area (Å²) in [5.41, 5.74) is 3.78. The second kappa shape index (κ2) is 12.7. The topological polar surface area (TPSA) is 93.6 Å². The number of carbonyl (C=O) groups excluding carboxylic acids is 4. The molecule has 4 aromatic rings. The minimum Gasteiger partial charge on any atom is -0.450 e. The molecule has 240 valence electrons. The molecule has 0 radical (unpaired) electrons. The molecule has 3 fully saturated rings. The fraction of sp³-hybridized carbons (Fsp3) is 0.306. The number of aryl methyl sites for hydroxylation is 1. The summed E-state index contributed by atoms with van der Waals surface area (Å²) in [4.78, 5) is 60.7. The van der Waals surface area contributed by atoms with Crippen molar-refractivity contribution in [2.75, 3.05) is 10.8 Å². The Hall–Kier alpha value is -3.11. The number of hydrogen-bond acceptors (Lipinski definition) is 6. The molecule has 2 aliphatic carbocycles. The second-order valence-electron chi connectivity index (χ2n) is 12.3. The number of nitrogens with zero attached hydrogens (tertiary/aromatic N) is 2. The summed E-state index contributed by atoms with van der Waals surface area (Å²) in [6.07, 6.45) is -0.0955. The molecule has 11 heteroatoms. The highest BCUT2D eigenvalue weighted by atomic mass is 79.9. The summed E-state index contributed by atoms with van der Waals surface area (Å²) >= 11 is 19.5. The number of halogens is 4. The molecule has 0 spiro atoms. The molecule has 1 aliphatic heterocycles. The van der Waals surface area contributed by atoms with Crippen molar-refractivity contribution in [3.8, 4) is 11.3 Å². The smallest absolute Gasteiger partial charge is 0.339 e. The number of Topliss-reactive ketones (excluding diaryl/α,β-unsaturated/α-hetero) is 1. The van der Waals surface area contributed by atoms with Gasteiger partial charge in [-0.1, -0.05) is 73.8 Å². The molecule has 47 heavy (non-hydrogen) atoms. The van der Waals surface area contributed by atoms with Crippen molar-refractivity contribution in [1.82, 2.24) is 4.98 Å². The van der Waals surface area contributed by atoms with Gasteiger partial charge in [-0.15, -0.1) is 11.6 Å². The molecule has 3 aromatic carbocycles. The Kier molecular flexibility index (Phi) is 8.79. The molecular formula is C36H28Br2Cl2N2O5. The fourth-order valence-electron chi connectivity index (χ4n) is 7.43. The lowest BCUT2D eigenvalue weighted by atomic mass is 9.81. The Morgan fingerprint density at radius 2 is 1.60 bits per heavy atom. The van der Waals surface area contributed by atoms with E-state index in [0.29, 0.717) is 38.4 Å². The number of carbonyl (C=O) groups is 4. The Balaban J connectivity index is 1.19. The van der Waals surface area contributed by atoms with Crippen molar-refractivity contribution in [1.29, 1.82) is 0 Å². The lowest BCUT2D eigenvalue weighted by Crippen LogP contribution is -2.37. The highest BCUT2D eigenvalue weighted by Crippen LogP contribution is 2.60. The SMILES string of the molecule is Cc1cccc2c(C(=O)OC(CCCl)C(=O)c3ccc(Cl)cc3)cc(-c3ccc(N4C(=O)C5C6CC(C(Br)C6Br)C5C4=O)cc3)nc12. The number of imide groups is 1. The van der Waals surface area contributed by atoms with E-state index in [9.17, 15) is 19.2 Å². The van der Waals surface area contributed by atoms with E-state index in [1.807, 2.05) is 19.1 Å². The monoisotopic (exact) mass is 796 g/mol. The van der Waals surface area contributed by atoms with Gasteiger partial charge in [0.2, 0.25) is 17.6 Å². The van der Waals surface area contributed by atoms with E-state index < -0.39 is 12.1 Å². The number of anilines is 1. The van der Waals surface area contributed by atoms with E-state index >= 15 is 0 Å². The van der Waals surface area contributed by atoms with Gasteiger partial charge in [-0.2, -0.15) is 0 Å². The van der Waals surface area contributed by atoms with Crippen LogP contribution >= 0.6 is 55.1 Å². The van der Waals surface area contributed by atoms with Crippen molar-refractivity contribution in [2.24, 2.45) is 23.7 Å². The number of hydrogen-bond donors (Lipinski definition) is 0. The van der Waals surface area contributed by atoms with Crippen LogP contribution in [-0.2, 0) is 14.3 Å². The summed E-state index contributed by atoms with van der Waals surface area (Å²) in [5.74, 6) is -1.58. The van der Waals surface area contributed by atoms with Gasteiger partial charge in [0.05, 0.1) is 34.3 Å². The number of ketones is 1. The maximum absolute atomic E-state index is 13.8. The Morgan fingerprint density at radius 3 is 2.21 bits per heavy atom. The third kappa shape index (κ3) is 5.53. The first kappa shape index (κ1) is 32.4. The first-order valence-corrected chi connectivity index (χ1v) is 18.1. The normalized spacial score (nSPS) is 25.3. The zero-order valence-electron chi connectivity index (χ0n) is 25.0. The first-order valence-electron chi connectivity index (χ1n) is 15.3. The van der Waals surface area contributed by atoms with Gasteiger partial charge in [-0.05, 0) is 73.2 Å². The molecule has 3 aliphatic rings. The van der Waals surface area contributed by atoms with Crippen LogP contribution in [0.5, 0.6) is 0 Å². The number of aromatic nitrogens is 1. The van der Waals surface area contributed by atoms with Crippen molar-refractivity contribution in [3.63, 3.8) is 0 Å². The Morgan fingerprint density at radius 1 is 0.957 bits per heavy atom. The number of para-hydroxylation sites is 1. The minimum atomic E-state index is -1.10. The van der Waals surface area contributed by atoms with Crippen LogP contribution in [0, 0.1) is 30.6 Å². The number of alkyl halides is 3. The zero-order valence-corrected chi connectivity index (χ0v) is 29.7. The van der Waals surface area contributed by atoms with Crippen LogP contribution in [0.2, 0.25) is 5.02 Å². The number of fused-ring (bicyclic) bond motifs is 6. The number of pyridine rings is 1. The quantitative estimate of drug-likeness (QED) is 0.0773. The second-order valence-corrected chi connectivity index (χ2v) is 15.3. The summed E-state index contributed by atoms with van der Waals surface area (Å²) in [7, 11) is 0. The number of esters is 1. The van der Waals surface area contributed by atoms with Crippen LogP contribution in [0.15, 0.2) is 72.8 Å². The van der Waals surface area contributed by atoms with Crippen LogP contribution in [-0.4, -0.2) is 50.2 Å². The number of rotatable bonds is 8. The molecular weight excluding hydrogens is 771 g/mol. The minimum absolute atomic E-state index is 0.114. The lowest BCUT2D eigenvalue weighted by Gasteiger charge is -2.28. The van der Waals surface area contributed by atoms with Gasteiger partial charge in [-0.3, -0.25) is 19.3 Å². The molecule has 1 aromatic heterocycles. The predicted molar refractivity (Wildman–Crippen MR) is 189 cm³/mol. The van der Waals surface area contributed by atoms with Crippen LogP contribution in [0.1, 0.15) is 39.1 Å². The van der Waals surface area contributed by atoms with Gasteiger partial charge in [0, 0.05) is 43.5 Å². The highest BCUT2D eigenvalue weighted by Gasteiger charge is 2.66. The summed E-state index contributed by atoms with van der Waals surface area (Å²) in [6, 6.07) is 20.6. The molecule has 2 saturated carbocycles. The van der Waals surface area contributed by atoms with Gasteiger partial charge in [0.15, 0.2) is 6.10 Å². The van der Waals surface area contributed by atoms with Gasteiger partial charge in [0.1, 0.15) is 0 Å². The third-order valence-corrected chi connectivity index (χ3v) is 13.4. The zero-order chi connectivity index (χ0) is 33.1. The molecule has 2 heterocycles. The van der Waals surface area contributed by atoms with E-state index in [2.05, 4.69) is 31.9 Å². The van der Waals surface area contributed by atoms with Gasteiger partial charge >= 0.3 is 5.97 Å². The van der Waals surface area contributed by atoms with Gasteiger partial charge in [-0.25, -0.2) is 9.78 Å². The molecule has 7 unspecified atom stereocenters. The predicted octanol–water partition coefficient (Wildman–Crippen LogP) is 8.18. The molecule has 2 bridgehead atoms. The van der Waals surface area contributed by atoms with Crippen molar-refractivity contribution < 1.29 is 23.9 Å². The average Bonchev–Trinajstić information content (AvgIpc) is 3.69. The number of ether oxygens (including phenoxy) is 1. The molecule has 2 amide bonds. The van der Waals surface area contributed by atoms with E-state index in [1.54, 1.807) is 60.7 Å². The number of benzene rings is 3. The van der Waals surface area contributed by atoms with Crippen molar-refractivity contribution in [3.05, 3.63) is 94.5 Å². The molecule has 1 saturated heterocycles. The fourth-order valence-corrected chi connectivity index (χ4v) is 9.63. The maximum atomic E-state index is 13.8. The summed E-state index contributed by atoms with van der Waals surface area (Å²) in [5, 5.41) is 1.07. The lowest BCUT2D eigenvalue weighted by molar-refractivity contribution is -0.123. The van der Waals surface area contributed by atoms with Crippen molar-refractivity contribution in [2.45, 2.75) is 35.5 Å². The van der Waals surface area contributed by atoms with Crippen LogP contribution in [0.4, 0.5) is 5.69 Å². The van der Waals surface area contributed by atoms with Crippen LogP contribution in [0.3, 0.4) is 0 Å². The number of amides is 2. The average molecular weight is 799 g/mol. The van der Waals surface area contributed by atoms with Gasteiger partial charge < -0.3 is 4.74 Å². The van der Waals surface area contributed by atoms with E-state index in [0.717, 1.165) is 12.0 Å². The molecule has 7 atom stereocenters. The molecule has 7 rings (SSSR count). The van der Waals surface area contributed by atoms with Crippen molar-refractivity contribution >= 4 is 95.2 Å². The van der Waals surface area contributed by atoms with E-state index in [-0.39, 0.29) is 68.8 Å². The van der Waals surface area contributed by atoms with Gasteiger partial charge in [0.25, 0.3) is 0 Å². The summed E-state index contributed by atoms with van der Waals surface area (Å²) < 4.78 is 5.82. The summed E-state index contributed by atoms with van der Waals surface area (Å²) in [6.45, 7) is 1.90. The highest BCUT2D eigenvalue weighted by molar-refractivity contribution is 9.12. The largest absolute Gasteiger partial charge is 0.450 e. The molecule has 7 nitrogen and oxygen atoms in total. The maximum Gasteiger partial charge on any atom is 0.339 e. The van der Waals surface area contributed by atoms with Crippen LogP contribution in [0.25, 0.3) is 22.2 Å². The van der Waals surface area contributed by atoms with E-state index in [1.165, 1.54) is 4.90 Å². The Labute approximate surface area is 298 Å².